The quantitative estimate of drug-likeness (QED) is 0.417. The van der Waals surface area contributed by atoms with Crippen LogP contribution in [0.25, 0.3) is 17.2 Å². The Labute approximate surface area is 197 Å². The Hall–Kier alpha value is -2.12. The van der Waals surface area contributed by atoms with Crippen molar-refractivity contribution in [2.45, 2.75) is 85.0 Å². The monoisotopic (exact) mass is 440 g/mol. The first kappa shape index (κ1) is 23.0. The highest BCUT2D eigenvalue weighted by atomic mass is 28.3. The first-order chi connectivity index (χ1) is 14.9. The summed E-state index contributed by atoms with van der Waals surface area (Å²) in [5.74, 6) is 0. The van der Waals surface area contributed by atoms with Gasteiger partial charge in [-0.05, 0) is 84.5 Å². The molecule has 168 valence electrons. The van der Waals surface area contributed by atoms with E-state index in [0.717, 1.165) is 0 Å². The number of rotatable bonds is 3. The SMILES string of the molecule is CC1=Cc2c(-c3ccc(C(C)(C)C)cc3)cccc2C1[Si](C)(C)C1C(C)=C(C)C(C)=C1C. The molecule has 0 saturated heterocycles. The summed E-state index contributed by atoms with van der Waals surface area (Å²) < 4.78 is 0. The van der Waals surface area contributed by atoms with Crippen LogP contribution in [0.3, 0.4) is 0 Å². The molecule has 0 spiro atoms. The molecule has 0 bridgehead atoms. The van der Waals surface area contributed by atoms with Crippen LogP contribution in [0.5, 0.6) is 0 Å². The van der Waals surface area contributed by atoms with Crippen molar-refractivity contribution in [1.82, 2.24) is 0 Å². The molecule has 4 rings (SSSR count). The summed E-state index contributed by atoms with van der Waals surface area (Å²) in [4.78, 5) is 0. The Kier molecular flexibility index (Phi) is 5.57. The van der Waals surface area contributed by atoms with Crippen molar-refractivity contribution in [3.05, 3.63) is 87.0 Å². The van der Waals surface area contributed by atoms with E-state index in [0.29, 0.717) is 11.1 Å². The molecule has 1 unspecified atom stereocenters. The zero-order valence-corrected chi connectivity index (χ0v) is 22.8. The van der Waals surface area contributed by atoms with Crippen molar-refractivity contribution in [2.75, 3.05) is 0 Å². The van der Waals surface area contributed by atoms with Gasteiger partial charge in [0.25, 0.3) is 0 Å². The lowest BCUT2D eigenvalue weighted by Crippen LogP contribution is -2.41. The van der Waals surface area contributed by atoms with Gasteiger partial charge < -0.3 is 0 Å². The molecule has 0 fully saturated rings. The lowest BCUT2D eigenvalue weighted by Gasteiger charge is -2.39. The lowest BCUT2D eigenvalue weighted by molar-refractivity contribution is 0.590. The molecule has 1 atom stereocenters. The third-order valence-electron chi connectivity index (χ3n) is 8.44. The third kappa shape index (κ3) is 3.50. The molecular weight excluding hydrogens is 400 g/mol. The second-order valence-electron chi connectivity index (χ2n) is 11.8. The van der Waals surface area contributed by atoms with Gasteiger partial charge in [0.2, 0.25) is 0 Å². The fourth-order valence-corrected chi connectivity index (χ4v) is 11.9. The maximum atomic E-state index is 2.62. The van der Waals surface area contributed by atoms with Crippen LogP contribution < -0.4 is 0 Å². The van der Waals surface area contributed by atoms with Crippen LogP contribution in [0.2, 0.25) is 18.6 Å². The van der Waals surface area contributed by atoms with Gasteiger partial charge in [-0.25, -0.2) is 0 Å². The third-order valence-corrected chi connectivity index (χ3v) is 13.0. The summed E-state index contributed by atoms with van der Waals surface area (Å²) in [6.07, 6.45) is 2.49. The van der Waals surface area contributed by atoms with Gasteiger partial charge in [-0.3, -0.25) is 0 Å². The predicted molar refractivity (Wildman–Crippen MR) is 145 cm³/mol. The minimum Gasteiger partial charge on any atom is -0.0679 e. The number of benzene rings is 2. The number of allylic oxidation sites excluding steroid dienone is 5. The first-order valence-electron chi connectivity index (χ1n) is 12.1. The molecule has 0 aliphatic heterocycles. The van der Waals surface area contributed by atoms with Crippen molar-refractivity contribution < 1.29 is 0 Å². The van der Waals surface area contributed by atoms with Crippen LogP contribution in [-0.4, -0.2) is 8.07 Å². The van der Waals surface area contributed by atoms with Crippen LogP contribution in [0.4, 0.5) is 0 Å². The van der Waals surface area contributed by atoms with Gasteiger partial charge in [0.05, 0.1) is 8.07 Å². The van der Waals surface area contributed by atoms with E-state index in [4.69, 9.17) is 0 Å². The van der Waals surface area contributed by atoms with E-state index in [1.165, 1.54) is 33.4 Å². The van der Waals surface area contributed by atoms with E-state index < -0.39 is 8.07 Å². The minimum absolute atomic E-state index is 0.183. The largest absolute Gasteiger partial charge is 0.0717 e. The maximum absolute atomic E-state index is 2.62. The Balaban J connectivity index is 1.79. The van der Waals surface area contributed by atoms with E-state index in [2.05, 4.69) is 117 Å². The van der Waals surface area contributed by atoms with Gasteiger partial charge in [-0.2, -0.15) is 0 Å². The highest BCUT2D eigenvalue weighted by Crippen LogP contribution is 2.55. The van der Waals surface area contributed by atoms with E-state index in [1.807, 2.05) is 0 Å². The molecule has 2 aliphatic carbocycles. The van der Waals surface area contributed by atoms with E-state index in [9.17, 15) is 0 Å². The zero-order valence-electron chi connectivity index (χ0n) is 21.8. The topological polar surface area (TPSA) is 0 Å². The molecule has 0 N–H and O–H groups in total. The van der Waals surface area contributed by atoms with Crippen LogP contribution >= 0.6 is 0 Å². The van der Waals surface area contributed by atoms with Crippen LogP contribution in [0, 0.1) is 0 Å². The van der Waals surface area contributed by atoms with Gasteiger partial charge in [0, 0.05) is 5.54 Å². The number of hydrogen-bond acceptors (Lipinski definition) is 0. The van der Waals surface area contributed by atoms with Gasteiger partial charge in [-0.1, -0.05) is 99.1 Å². The van der Waals surface area contributed by atoms with Crippen LogP contribution in [0.1, 0.15) is 77.6 Å². The van der Waals surface area contributed by atoms with E-state index >= 15 is 0 Å². The maximum Gasteiger partial charge on any atom is 0.0717 e. The molecule has 1 heteroatoms. The molecule has 2 aromatic carbocycles. The normalized spacial score (nSPS) is 19.7. The number of fused-ring (bicyclic) bond motifs is 1. The lowest BCUT2D eigenvalue weighted by atomic mass is 9.86. The fourth-order valence-electron chi connectivity index (χ4n) is 6.57. The average molecular weight is 441 g/mol. The Bertz CT molecular complexity index is 1140. The molecule has 0 saturated carbocycles. The smallest absolute Gasteiger partial charge is 0.0679 e. The molecule has 0 heterocycles. The molecule has 0 amide bonds. The van der Waals surface area contributed by atoms with Gasteiger partial charge in [0.1, 0.15) is 0 Å². The summed E-state index contributed by atoms with van der Waals surface area (Å²) in [5, 5.41) is 0. The summed E-state index contributed by atoms with van der Waals surface area (Å²) in [6.45, 7) is 23.9. The average Bonchev–Trinajstić information content (AvgIpc) is 3.16. The fraction of sp³-hybridized carbons (Fsp3) is 0.419. The zero-order chi connectivity index (χ0) is 23.6. The van der Waals surface area contributed by atoms with Crippen molar-refractivity contribution in [3.63, 3.8) is 0 Å². The molecule has 0 radical (unpaired) electrons. The van der Waals surface area contributed by atoms with Crippen molar-refractivity contribution in [2.24, 2.45) is 0 Å². The predicted octanol–water partition coefficient (Wildman–Crippen LogP) is 9.46. The minimum atomic E-state index is -1.70. The Morgan fingerprint density at radius 1 is 0.719 bits per heavy atom. The highest BCUT2D eigenvalue weighted by Gasteiger charge is 2.47. The molecule has 2 aliphatic rings. The van der Waals surface area contributed by atoms with E-state index in [1.54, 1.807) is 22.3 Å². The second kappa shape index (κ2) is 7.73. The molecular formula is C31H40Si. The summed E-state index contributed by atoms with van der Waals surface area (Å²) in [5.41, 5.74) is 16.3. The molecule has 0 nitrogen and oxygen atoms in total. The molecule has 2 aromatic rings. The van der Waals surface area contributed by atoms with Crippen LogP contribution in [-0.2, 0) is 5.41 Å². The first-order valence-corrected chi connectivity index (χ1v) is 15.3. The molecule has 0 aromatic heterocycles. The van der Waals surface area contributed by atoms with Crippen molar-refractivity contribution >= 4 is 14.1 Å². The second-order valence-corrected chi connectivity index (χ2v) is 16.6. The summed E-state index contributed by atoms with van der Waals surface area (Å²) in [7, 11) is -1.70. The summed E-state index contributed by atoms with van der Waals surface area (Å²) in [6, 6.07) is 16.3. The summed E-state index contributed by atoms with van der Waals surface area (Å²) >= 11 is 0. The van der Waals surface area contributed by atoms with Gasteiger partial charge >= 0.3 is 0 Å². The van der Waals surface area contributed by atoms with Gasteiger partial charge in [-0.15, -0.1) is 0 Å². The van der Waals surface area contributed by atoms with E-state index in [-0.39, 0.29) is 5.41 Å². The van der Waals surface area contributed by atoms with Crippen molar-refractivity contribution in [1.29, 1.82) is 0 Å². The Morgan fingerprint density at radius 3 is 1.81 bits per heavy atom. The van der Waals surface area contributed by atoms with Crippen LogP contribution in [0.15, 0.2) is 70.3 Å². The van der Waals surface area contributed by atoms with Gasteiger partial charge in [0.15, 0.2) is 0 Å². The molecule has 32 heavy (non-hydrogen) atoms. The highest BCUT2D eigenvalue weighted by molar-refractivity contribution is 6.82. The standard InChI is InChI=1S/C31H40Si/c1-19-18-28-26(24-14-16-25(17-15-24)31(6,7)8)12-11-13-27(28)29(19)32(9,10)30-22(4)20(2)21(3)23(30)5/h11-18,29-30H,1-10H3. The Morgan fingerprint density at radius 2 is 1.28 bits per heavy atom. The number of hydrogen-bond donors (Lipinski definition) is 0. The van der Waals surface area contributed by atoms with Crippen molar-refractivity contribution in [3.8, 4) is 11.1 Å².